The Morgan fingerprint density at radius 1 is 1.64 bits per heavy atom. The maximum atomic E-state index is 11.2. The Balaban J connectivity index is 2.13. The van der Waals surface area contributed by atoms with Gasteiger partial charge in [0.1, 0.15) is 6.10 Å². The average molecular weight is 210 g/mol. The smallest absolute Gasteiger partial charge is 0.306 e. The van der Waals surface area contributed by atoms with Crippen molar-refractivity contribution in [3.63, 3.8) is 0 Å². The molecular formula is C11H14O2S. The Labute approximate surface area is 87.9 Å². The van der Waals surface area contributed by atoms with Crippen molar-refractivity contribution in [2.75, 3.05) is 0 Å². The molecule has 0 aliphatic carbocycles. The van der Waals surface area contributed by atoms with Crippen LogP contribution in [0.25, 0.3) is 0 Å². The molecule has 76 valence electrons. The molecule has 14 heavy (non-hydrogen) atoms. The van der Waals surface area contributed by atoms with Crippen LogP contribution in [-0.2, 0) is 9.53 Å². The Morgan fingerprint density at radius 2 is 2.50 bits per heavy atom. The lowest BCUT2D eigenvalue weighted by Crippen LogP contribution is -2.13. The highest BCUT2D eigenvalue weighted by Crippen LogP contribution is 2.36. The molecule has 1 saturated heterocycles. The summed E-state index contributed by atoms with van der Waals surface area (Å²) in [4.78, 5) is 12.5. The maximum Gasteiger partial charge on any atom is 0.306 e. The van der Waals surface area contributed by atoms with Crippen LogP contribution in [0, 0.1) is 0 Å². The first-order chi connectivity index (χ1) is 6.81. The van der Waals surface area contributed by atoms with Crippen molar-refractivity contribution in [1.82, 2.24) is 0 Å². The summed E-state index contributed by atoms with van der Waals surface area (Å²) >= 11 is 1.72. The van der Waals surface area contributed by atoms with Gasteiger partial charge in [-0.05, 0) is 17.9 Å². The molecule has 2 atom stereocenters. The van der Waals surface area contributed by atoms with Gasteiger partial charge in [0.25, 0.3) is 0 Å². The fourth-order valence-electron chi connectivity index (χ4n) is 1.94. The maximum absolute atomic E-state index is 11.2. The summed E-state index contributed by atoms with van der Waals surface area (Å²) in [5.41, 5.74) is 0. The predicted molar refractivity (Wildman–Crippen MR) is 56.5 cm³/mol. The van der Waals surface area contributed by atoms with Gasteiger partial charge in [0.15, 0.2) is 0 Å². The third-order valence-corrected chi connectivity index (χ3v) is 3.60. The quantitative estimate of drug-likeness (QED) is 0.717. The summed E-state index contributed by atoms with van der Waals surface area (Å²) in [5, 5.41) is 2.06. The monoisotopic (exact) mass is 210 g/mol. The van der Waals surface area contributed by atoms with Gasteiger partial charge in [0, 0.05) is 10.8 Å². The summed E-state index contributed by atoms with van der Waals surface area (Å²) in [6.45, 7) is 2.12. The highest BCUT2D eigenvalue weighted by atomic mass is 32.1. The first-order valence-corrected chi connectivity index (χ1v) is 5.92. The number of thiophene rings is 1. The topological polar surface area (TPSA) is 26.3 Å². The lowest BCUT2D eigenvalue weighted by Gasteiger charge is -2.14. The lowest BCUT2D eigenvalue weighted by atomic mass is 9.96. The predicted octanol–water partition coefficient (Wildman–Crippen LogP) is 2.95. The second-order valence-corrected chi connectivity index (χ2v) is 4.62. The zero-order chi connectivity index (χ0) is 9.97. The van der Waals surface area contributed by atoms with Crippen LogP contribution in [0.2, 0.25) is 0 Å². The van der Waals surface area contributed by atoms with Crippen LogP contribution in [0.5, 0.6) is 0 Å². The van der Waals surface area contributed by atoms with Crippen molar-refractivity contribution in [2.24, 2.45) is 0 Å². The highest BCUT2D eigenvalue weighted by Gasteiger charge is 2.35. The molecule has 0 unspecified atom stereocenters. The summed E-state index contributed by atoms with van der Waals surface area (Å²) in [5.74, 6) is 0.268. The molecule has 1 aromatic rings. The zero-order valence-corrected chi connectivity index (χ0v) is 9.05. The van der Waals surface area contributed by atoms with Gasteiger partial charge in [-0.1, -0.05) is 19.4 Å². The molecule has 0 amide bonds. The van der Waals surface area contributed by atoms with Gasteiger partial charge in [0.05, 0.1) is 6.42 Å². The largest absolute Gasteiger partial charge is 0.462 e. The fourth-order valence-corrected chi connectivity index (χ4v) is 2.82. The molecule has 1 fully saturated rings. The number of hydrogen-bond donors (Lipinski definition) is 0. The van der Waals surface area contributed by atoms with Crippen molar-refractivity contribution in [2.45, 2.75) is 38.2 Å². The van der Waals surface area contributed by atoms with Crippen LogP contribution >= 0.6 is 11.3 Å². The molecule has 2 rings (SSSR count). The molecule has 0 bridgehead atoms. The Hall–Kier alpha value is -0.830. The molecule has 1 aliphatic rings. The molecule has 0 N–H and O–H groups in total. The third kappa shape index (κ3) is 1.82. The highest BCUT2D eigenvalue weighted by molar-refractivity contribution is 7.10. The van der Waals surface area contributed by atoms with E-state index in [1.54, 1.807) is 11.3 Å². The molecule has 2 heterocycles. The fraction of sp³-hybridized carbons (Fsp3) is 0.545. The number of carbonyl (C=O) groups is 1. The summed E-state index contributed by atoms with van der Waals surface area (Å²) in [6, 6.07) is 4.13. The molecule has 2 nitrogen and oxygen atoms in total. The number of rotatable bonds is 3. The van der Waals surface area contributed by atoms with Crippen LogP contribution in [0.1, 0.15) is 37.0 Å². The number of ether oxygens (including phenoxy) is 1. The van der Waals surface area contributed by atoms with E-state index in [-0.39, 0.29) is 12.1 Å². The van der Waals surface area contributed by atoms with Crippen molar-refractivity contribution in [3.05, 3.63) is 22.4 Å². The van der Waals surface area contributed by atoms with Crippen molar-refractivity contribution >= 4 is 17.3 Å². The Kier molecular flexibility index (Phi) is 2.87. The van der Waals surface area contributed by atoms with Gasteiger partial charge >= 0.3 is 5.97 Å². The van der Waals surface area contributed by atoms with E-state index >= 15 is 0 Å². The van der Waals surface area contributed by atoms with Crippen LogP contribution in [0.15, 0.2) is 17.5 Å². The van der Waals surface area contributed by atoms with Crippen LogP contribution in [0.3, 0.4) is 0 Å². The van der Waals surface area contributed by atoms with E-state index in [1.807, 2.05) is 6.07 Å². The molecule has 0 aromatic carbocycles. The molecule has 1 aliphatic heterocycles. The first-order valence-electron chi connectivity index (χ1n) is 5.04. The van der Waals surface area contributed by atoms with E-state index in [1.165, 1.54) is 4.88 Å². The second kappa shape index (κ2) is 4.13. The zero-order valence-electron chi connectivity index (χ0n) is 8.23. The molecule has 0 spiro atoms. The van der Waals surface area contributed by atoms with Gasteiger partial charge in [0.2, 0.25) is 0 Å². The molecular weight excluding hydrogens is 196 g/mol. The van der Waals surface area contributed by atoms with Crippen LogP contribution < -0.4 is 0 Å². The van der Waals surface area contributed by atoms with Gasteiger partial charge in [-0.2, -0.15) is 0 Å². The number of cyclic esters (lactones) is 1. The SMILES string of the molecule is CCC[C@@H]1OC(=O)C[C@H]1c1cccs1. The number of carbonyl (C=O) groups excluding carboxylic acids is 1. The minimum Gasteiger partial charge on any atom is -0.462 e. The minimum atomic E-state index is -0.0400. The third-order valence-electron chi connectivity index (χ3n) is 2.60. The van der Waals surface area contributed by atoms with E-state index in [4.69, 9.17) is 4.74 Å². The lowest BCUT2D eigenvalue weighted by molar-refractivity contribution is -0.141. The van der Waals surface area contributed by atoms with Gasteiger partial charge in [-0.15, -0.1) is 11.3 Å². The Morgan fingerprint density at radius 3 is 3.14 bits per heavy atom. The normalized spacial score (nSPS) is 26.5. The standard InChI is InChI=1S/C11H14O2S/c1-2-4-9-8(7-11(12)13-9)10-5-3-6-14-10/h3,5-6,8-9H,2,4,7H2,1H3/t8-,9+/m1/s1. The van der Waals surface area contributed by atoms with E-state index < -0.39 is 0 Å². The van der Waals surface area contributed by atoms with E-state index in [0.717, 1.165) is 12.8 Å². The Bertz CT molecular complexity index is 305. The van der Waals surface area contributed by atoms with Crippen LogP contribution in [0.4, 0.5) is 0 Å². The summed E-state index contributed by atoms with van der Waals surface area (Å²) in [6.07, 6.45) is 2.73. The number of esters is 1. The second-order valence-electron chi connectivity index (χ2n) is 3.64. The number of hydrogen-bond acceptors (Lipinski definition) is 3. The van der Waals surface area contributed by atoms with Crippen molar-refractivity contribution in [3.8, 4) is 0 Å². The van der Waals surface area contributed by atoms with Gasteiger partial charge in [-0.3, -0.25) is 4.79 Å². The first kappa shape index (κ1) is 9.71. The minimum absolute atomic E-state index is 0.0400. The van der Waals surface area contributed by atoms with Gasteiger partial charge < -0.3 is 4.74 Å². The molecule has 0 radical (unpaired) electrons. The summed E-state index contributed by atoms with van der Waals surface area (Å²) in [7, 11) is 0. The van der Waals surface area contributed by atoms with E-state index in [0.29, 0.717) is 12.3 Å². The molecule has 1 aromatic heterocycles. The average Bonchev–Trinajstić information content (AvgIpc) is 2.74. The summed E-state index contributed by atoms with van der Waals surface area (Å²) < 4.78 is 5.31. The van der Waals surface area contributed by atoms with Gasteiger partial charge in [-0.25, -0.2) is 0 Å². The van der Waals surface area contributed by atoms with E-state index in [9.17, 15) is 4.79 Å². The van der Waals surface area contributed by atoms with E-state index in [2.05, 4.69) is 18.4 Å². The van der Waals surface area contributed by atoms with Crippen LogP contribution in [-0.4, -0.2) is 12.1 Å². The van der Waals surface area contributed by atoms with Crippen molar-refractivity contribution < 1.29 is 9.53 Å². The van der Waals surface area contributed by atoms with Crippen molar-refractivity contribution in [1.29, 1.82) is 0 Å². The molecule has 0 saturated carbocycles. The molecule has 3 heteroatoms.